The maximum absolute atomic E-state index is 10.9. The minimum Gasteiger partial charge on any atom is -0.417 e. The molecule has 1 heterocycles. The lowest BCUT2D eigenvalue weighted by Crippen LogP contribution is -2.18. The average molecular weight is 169 g/mol. The molecular formula is C7H11N3O2. The third-order valence-corrected chi connectivity index (χ3v) is 1.36. The minimum atomic E-state index is -0.352. The molecule has 0 radical (unpaired) electrons. The van der Waals surface area contributed by atoms with E-state index < -0.39 is 0 Å². The highest BCUT2D eigenvalue weighted by atomic mass is 16.4. The first kappa shape index (κ1) is 8.70. The molecule has 0 aliphatic rings. The number of rotatable bonds is 2. The molecule has 0 unspecified atom stereocenters. The fourth-order valence-electron chi connectivity index (χ4n) is 0.667. The Bertz CT molecular complexity index is 280. The topological polar surface area (TPSA) is 68.0 Å². The zero-order valence-corrected chi connectivity index (χ0v) is 7.29. The summed E-state index contributed by atoms with van der Waals surface area (Å²) in [6.45, 7) is 3.84. The summed E-state index contributed by atoms with van der Waals surface area (Å²) in [5.74, 6) is 0.292. The van der Waals surface area contributed by atoms with E-state index in [1.165, 1.54) is 7.05 Å². The number of nitrogens with one attached hydrogen (secondary N) is 1. The van der Waals surface area contributed by atoms with E-state index in [2.05, 4.69) is 15.5 Å². The third-order valence-electron chi connectivity index (χ3n) is 1.36. The van der Waals surface area contributed by atoms with Crippen molar-refractivity contribution in [3.63, 3.8) is 0 Å². The molecule has 0 aromatic carbocycles. The Hall–Kier alpha value is -1.39. The van der Waals surface area contributed by atoms with E-state index in [9.17, 15) is 4.79 Å². The first-order chi connectivity index (χ1) is 5.65. The molecule has 1 rings (SSSR count). The van der Waals surface area contributed by atoms with Gasteiger partial charge < -0.3 is 9.73 Å². The van der Waals surface area contributed by atoms with Crippen LogP contribution in [0.2, 0.25) is 0 Å². The van der Waals surface area contributed by atoms with Gasteiger partial charge in [0.1, 0.15) is 0 Å². The Kier molecular flexibility index (Phi) is 2.42. The second-order valence-electron chi connectivity index (χ2n) is 2.68. The first-order valence-electron chi connectivity index (χ1n) is 3.70. The number of amides is 1. The van der Waals surface area contributed by atoms with Crippen molar-refractivity contribution in [1.82, 2.24) is 15.5 Å². The Morgan fingerprint density at radius 3 is 2.58 bits per heavy atom. The standard InChI is InChI=1S/C7H11N3O2/c1-4(2)6-9-10-7(12-6)5(11)8-3/h4H,1-3H3,(H,8,11). The Balaban J connectivity index is 2.84. The van der Waals surface area contributed by atoms with Crippen molar-refractivity contribution in [2.24, 2.45) is 0 Å². The predicted octanol–water partition coefficient (Wildman–Crippen LogP) is 0.553. The van der Waals surface area contributed by atoms with Crippen molar-refractivity contribution in [2.75, 3.05) is 7.05 Å². The number of hydrogen-bond donors (Lipinski definition) is 1. The predicted molar refractivity (Wildman–Crippen MR) is 41.8 cm³/mol. The van der Waals surface area contributed by atoms with Crippen LogP contribution >= 0.6 is 0 Å². The molecule has 1 aromatic heterocycles. The van der Waals surface area contributed by atoms with Gasteiger partial charge in [0.05, 0.1) is 0 Å². The molecule has 1 amide bonds. The minimum absolute atomic E-state index is 0.0150. The van der Waals surface area contributed by atoms with Crippen LogP contribution in [0.1, 0.15) is 36.3 Å². The molecular weight excluding hydrogens is 158 g/mol. The lowest BCUT2D eigenvalue weighted by Gasteiger charge is -1.93. The Morgan fingerprint density at radius 2 is 2.17 bits per heavy atom. The summed E-state index contributed by atoms with van der Waals surface area (Å²) in [4.78, 5) is 10.9. The van der Waals surface area contributed by atoms with E-state index in [0.29, 0.717) is 5.89 Å². The van der Waals surface area contributed by atoms with Crippen molar-refractivity contribution in [3.05, 3.63) is 11.8 Å². The van der Waals surface area contributed by atoms with E-state index in [1.807, 2.05) is 13.8 Å². The second kappa shape index (κ2) is 3.34. The van der Waals surface area contributed by atoms with Gasteiger partial charge in [-0.05, 0) is 0 Å². The summed E-state index contributed by atoms with van der Waals surface area (Å²) in [6.07, 6.45) is 0. The number of hydrogen-bond acceptors (Lipinski definition) is 4. The van der Waals surface area contributed by atoms with Crippen LogP contribution in [0.4, 0.5) is 0 Å². The zero-order valence-electron chi connectivity index (χ0n) is 7.29. The van der Waals surface area contributed by atoms with Crippen LogP contribution in [0.25, 0.3) is 0 Å². The lowest BCUT2D eigenvalue weighted by atomic mass is 10.2. The number of carbonyl (C=O) groups excluding carboxylic acids is 1. The fraction of sp³-hybridized carbons (Fsp3) is 0.571. The first-order valence-corrected chi connectivity index (χ1v) is 3.70. The van der Waals surface area contributed by atoms with E-state index in [0.717, 1.165) is 0 Å². The number of nitrogens with zero attached hydrogens (tertiary/aromatic N) is 2. The Morgan fingerprint density at radius 1 is 1.50 bits per heavy atom. The van der Waals surface area contributed by atoms with Crippen molar-refractivity contribution in [2.45, 2.75) is 19.8 Å². The fourth-order valence-corrected chi connectivity index (χ4v) is 0.667. The molecule has 0 aliphatic heterocycles. The van der Waals surface area contributed by atoms with Gasteiger partial charge in [-0.3, -0.25) is 4.79 Å². The molecule has 5 nitrogen and oxygen atoms in total. The van der Waals surface area contributed by atoms with Gasteiger partial charge in [-0.2, -0.15) is 0 Å². The van der Waals surface area contributed by atoms with Crippen LogP contribution in [0.5, 0.6) is 0 Å². The Labute approximate surface area is 70.2 Å². The summed E-state index contributed by atoms with van der Waals surface area (Å²) in [7, 11) is 1.52. The molecule has 0 saturated carbocycles. The van der Waals surface area contributed by atoms with Gasteiger partial charge in [-0.15, -0.1) is 10.2 Å². The van der Waals surface area contributed by atoms with Crippen LogP contribution in [-0.4, -0.2) is 23.2 Å². The van der Waals surface area contributed by atoms with Crippen LogP contribution in [-0.2, 0) is 0 Å². The molecule has 0 spiro atoms. The summed E-state index contributed by atoms with van der Waals surface area (Å²) < 4.78 is 5.06. The van der Waals surface area contributed by atoms with Gasteiger partial charge in [-0.1, -0.05) is 13.8 Å². The summed E-state index contributed by atoms with van der Waals surface area (Å²) in [6, 6.07) is 0. The highest BCUT2D eigenvalue weighted by Crippen LogP contribution is 2.11. The van der Waals surface area contributed by atoms with E-state index in [-0.39, 0.29) is 17.7 Å². The molecule has 0 fully saturated rings. The van der Waals surface area contributed by atoms with Crippen LogP contribution < -0.4 is 5.32 Å². The van der Waals surface area contributed by atoms with Gasteiger partial charge in [-0.25, -0.2) is 0 Å². The van der Waals surface area contributed by atoms with Crippen molar-refractivity contribution in [1.29, 1.82) is 0 Å². The highest BCUT2D eigenvalue weighted by Gasteiger charge is 2.14. The molecule has 12 heavy (non-hydrogen) atoms. The summed E-state index contributed by atoms with van der Waals surface area (Å²) in [5.41, 5.74) is 0. The molecule has 1 N–H and O–H groups in total. The highest BCUT2D eigenvalue weighted by molar-refractivity contribution is 5.89. The van der Waals surface area contributed by atoms with E-state index in [1.54, 1.807) is 0 Å². The lowest BCUT2D eigenvalue weighted by molar-refractivity contribution is 0.0926. The smallest absolute Gasteiger partial charge is 0.308 e. The van der Waals surface area contributed by atoms with Crippen LogP contribution in [0.3, 0.4) is 0 Å². The van der Waals surface area contributed by atoms with Gasteiger partial charge in [0.15, 0.2) is 0 Å². The molecule has 0 atom stereocenters. The quantitative estimate of drug-likeness (QED) is 0.702. The maximum Gasteiger partial charge on any atom is 0.308 e. The van der Waals surface area contributed by atoms with Crippen LogP contribution in [0.15, 0.2) is 4.42 Å². The van der Waals surface area contributed by atoms with E-state index >= 15 is 0 Å². The maximum atomic E-state index is 10.9. The molecule has 5 heteroatoms. The molecule has 66 valence electrons. The SMILES string of the molecule is CNC(=O)c1nnc(C(C)C)o1. The summed E-state index contributed by atoms with van der Waals surface area (Å²) >= 11 is 0. The van der Waals surface area contributed by atoms with Crippen molar-refractivity contribution < 1.29 is 9.21 Å². The molecule has 0 bridgehead atoms. The van der Waals surface area contributed by atoms with Crippen LogP contribution in [0, 0.1) is 0 Å². The molecule has 0 saturated heterocycles. The third kappa shape index (κ3) is 1.61. The number of carbonyl (C=O) groups is 1. The van der Waals surface area contributed by atoms with Crippen molar-refractivity contribution in [3.8, 4) is 0 Å². The van der Waals surface area contributed by atoms with Gasteiger partial charge in [0, 0.05) is 13.0 Å². The second-order valence-corrected chi connectivity index (χ2v) is 2.68. The normalized spacial score (nSPS) is 10.3. The zero-order chi connectivity index (χ0) is 9.14. The van der Waals surface area contributed by atoms with Gasteiger partial charge >= 0.3 is 11.8 Å². The van der Waals surface area contributed by atoms with Crippen molar-refractivity contribution >= 4 is 5.91 Å². The average Bonchev–Trinajstić information content (AvgIpc) is 2.51. The molecule has 0 aliphatic carbocycles. The summed E-state index contributed by atoms with van der Waals surface area (Å²) in [5, 5.41) is 9.69. The largest absolute Gasteiger partial charge is 0.417 e. The van der Waals surface area contributed by atoms with Gasteiger partial charge in [0.25, 0.3) is 0 Å². The van der Waals surface area contributed by atoms with E-state index in [4.69, 9.17) is 4.42 Å². The van der Waals surface area contributed by atoms with Gasteiger partial charge in [0.2, 0.25) is 5.89 Å². The number of aromatic nitrogens is 2. The molecule has 1 aromatic rings. The monoisotopic (exact) mass is 169 g/mol.